The second kappa shape index (κ2) is 8.68. The van der Waals surface area contributed by atoms with E-state index in [0.717, 1.165) is 29.9 Å². The average molecular weight is 425 g/mol. The molecule has 0 bridgehead atoms. The molecule has 0 N–H and O–H groups in total. The summed E-state index contributed by atoms with van der Waals surface area (Å²) in [7, 11) is 0. The summed E-state index contributed by atoms with van der Waals surface area (Å²) in [6.07, 6.45) is 4.98. The maximum absolute atomic E-state index is 13.3. The number of aryl methyl sites for hydroxylation is 1. The van der Waals surface area contributed by atoms with E-state index in [2.05, 4.69) is 28.9 Å². The number of carbonyl (C=O) groups is 1. The van der Waals surface area contributed by atoms with E-state index < -0.39 is 0 Å². The number of benzene rings is 1. The Morgan fingerprint density at radius 1 is 1.13 bits per heavy atom. The standard InChI is InChI=1S/C23H28N4O2S/c1-15-9-8-10-16(2)26(15)22(28)18(4)30-23-25-24-21(20-13-14-29-17(20)3)27(23)19-11-6-5-7-12-19/h5-7,11-16,18H,8-10H2,1-4H3/t15-,16-,18+/m0/s1. The Balaban J connectivity index is 1.67. The van der Waals surface area contributed by atoms with Crippen LogP contribution in [0.25, 0.3) is 17.1 Å². The van der Waals surface area contributed by atoms with Gasteiger partial charge in [-0.15, -0.1) is 10.2 Å². The number of aromatic nitrogens is 3. The fraction of sp³-hybridized carbons (Fsp3) is 0.435. The second-order valence-electron chi connectivity index (χ2n) is 8.00. The first-order valence-corrected chi connectivity index (χ1v) is 11.4. The van der Waals surface area contributed by atoms with E-state index in [4.69, 9.17) is 4.42 Å². The summed E-state index contributed by atoms with van der Waals surface area (Å²) < 4.78 is 7.50. The molecule has 1 aliphatic heterocycles. The number of nitrogens with zero attached hydrogens (tertiary/aromatic N) is 4. The Labute approximate surface area is 181 Å². The molecule has 1 amide bonds. The Kier molecular flexibility index (Phi) is 5.99. The molecule has 0 spiro atoms. The molecule has 1 saturated heterocycles. The summed E-state index contributed by atoms with van der Waals surface area (Å²) in [6.45, 7) is 8.18. The third kappa shape index (κ3) is 3.90. The lowest BCUT2D eigenvalue weighted by Crippen LogP contribution is -2.50. The van der Waals surface area contributed by atoms with Crippen LogP contribution in [0.15, 0.2) is 52.2 Å². The number of piperidine rings is 1. The van der Waals surface area contributed by atoms with Crippen molar-refractivity contribution < 1.29 is 9.21 Å². The van der Waals surface area contributed by atoms with Crippen molar-refractivity contribution in [3.63, 3.8) is 0 Å². The van der Waals surface area contributed by atoms with E-state index in [-0.39, 0.29) is 23.2 Å². The zero-order valence-corrected chi connectivity index (χ0v) is 18.7. The number of furan rings is 1. The highest BCUT2D eigenvalue weighted by molar-refractivity contribution is 8.00. The van der Waals surface area contributed by atoms with Gasteiger partial charge in [-0.25, -0.2) is 0 Å². The van der Waals surface area contributed by atoms with E-state index in [1.54, 1.807) is 6.26 Å². The number of amides is 1. The fourth-order valence-electron chi connectivity index (χ4n) is 4.22. The zero-order valence-electron chi connectivity index (χ0n) is 17.9. The summed E-state index contributed by atoms with van der Waals surface area (Å²) >= 11 is 1.46. The van der Waals surface area contributed by atoms with Crippen LogP contribution in [-0.2, 0) is 4.79 Å². The lowest BCUT2D eigenvalue weighted by atomic mass is 9.97. The molecule has 4 rings (SSSR count). The first-order valence-electron chi connectivity index (χ1n) is 10.5. The van der Waals surface area contributed by atoms with Gasteiger partial charge in [-0.05, 0) is 65.2 Å². The summed E-state index contributed by atoms with van der Waals surface area (Å²) in [5, 5.41) is 9.37. The molecule has 3 aromatic rings. The SMILES string of the molecule is Cc1occc1-c1nnc(S[C@H](C)C(=O)N2[C@@H](C)CCC[C@@H]2C)n1-c1ccccc1. The molecule has 0 unspecified atom stereocenters. The van der Waals surface area contributed by atoms with E-state index >= 15 is 0 Å². The molecule has 3 atom stereocenters. The minimum atomic E-state index is -0.252. The largest absolute Gasteiger partial charge is 0.469 e. The third-order valence-electron chi connectivity index (χ3n) is 5.83. The van der Waals surface area contributed by atoms with Gasteiger partial charge in [0, 0.05) is 17.8 Å². The van der Waals surface area contributed by atoms with E-state index in [0.29, 0.717) is 11.0 Å². The van der Waals surface area contributed by atoms with Crippen LogP contribution in [0.4, 0.5) is 0 Å². The zero-order chi connectivity index (χ0) is 21.3. The number of likely N-dealkylation sites (tertiary alicyclic amines) is 1. The highest BCUT2D eigenvalue weighted by Gasteiger charge is 2.33. The maximum Gasteiger partial charge on any atom is 0.236 e. The molecule has 3 heterocycles. The van der Waals surface area contributed by atoms with Crippen molar-refractivity contribution in [1.82, 2.24) is 19.7 Å². The smallest absolute Gasteiger partial charge is 0.236 e. The highest BCUT2D eigenvalue weighted by atomic mass is 32.2. The molecular weight excluding hydrogens is 396 g/mol. The normalized spacial score (nSPS) is 20.3. The minimum Gasteiger partial charge on any atom is -0.469 e. The molecule has 0 saturated carbocycles. The van der Waals surface area contributed by atoms with Gasteiger partial charge in [-0.1, -0.05) is 30.0 Å². The highest BCUT2D eigenvalue weighted by Crippen LogP contribution is 2.33. The molecular formula is C23H28N4O2S. The van der Waals surface area contributed by atoms with Gasteiger partial charge in [0.25, 0.3) is 0 Å². The number of hydrogen-bond donors (Lipinski definition) is 0. The van der Waals surface area contributed by atoms with Gasteiger partial charge in [0.05, 0.1) is 17.1 Å². The monoisotopic (exact) mass is 424 g/mol. The van der Waals surface area contributed by atoms with E-state index in [1.807, 2.05) is 54.8 Å². The van der Waals surface area contributed by atoms with Crippen molar-refractivity contribution in [2.75, 3.05) is 0 Å². The van der Waals surface area contributed by atoms with E-state index in [1.165, 1.54) is 18.2 Å². The summed E-state index contributed by atoms with van der Waals surface area (Å²) in [6, 6.07) is 12.5. The van der Waals surface area contributed by atoms with Crippen molar-refractivity contribution in [3.05, 3.63) is 48.4 Å². The molecule has 7 heteroatoms. The lowest BCUT2D eigenvalue weighted by Gasteiger charge is -2.40. The predicted molar refractivity (Wildman–Crippen MR) is 119 cm³/mol. The van der Waals surface area contributed by atoms with Crippen LogP contribution in [0.1, 0.15) is 45.8 Å². The first kappa shape index (κ1) is 20.7. The molecule has 30 heavy (non-hydrogen) atoms. The molecule has 0 aliphatic carbocycles. The Hall–Kier alpha value is -2.54. The number of carbonyl (C=O) groups excluding carboxylic acids is 1. The summed E-state index contributed by atoms with van der Waals surface area (Å²) in [5.41, 5.74) is 1.86. The quantitative estimate of drug-likeness (QED) is 0.533. The van der Waals surface area contributed by atoms with Gasteiger partial charge in [0.2, 0.25) is 5.91 Å². The van der Waals surface area contributed by atoms with Gasteiger partial charge in [-0.2, -0.15) is 0 Å². The van der Waals surface area contributed by atoms with Crippen LogP contribution in [0.5, 0.6) is 0 Å². The summed E-state index contributed by atoms with van der Waals surface area (Å²) in [5.74, 6) is 1.67. The van der Waals surface area contributed by atoms with Gasteiger partial charge in [0.15, 0.2) is 11.0 Å². The predicted octanol–water partition coefficient (Wildman–Crippen LogP) is 5.11. The Morgan fingerprint density at radius 2 is 1.83 bits per heavy atom. The molecule has 1 aliphatic rings. The van der Waals surface area contributed by atoms with Crippen LogP contribution in [0.3, 0.4) is 0 Å². The third-order valence-corrected chi connectivity index (χ3v) is 6.86. The Morgan fingerprint density at radius 3 is 2.47 bits per heavy atom. The fourth-order valence-corrected chi connectivity index (χ4v) is 5.15. The van der Waals surface area contributed by atoms with Crippen LogP contribution < -0.4 is 0 Å². The molecule has 6 nitrogen and oxygen atoms in total. The van der Waals surface area contributed by atoms with Gasteiger partial charge >= 0.3 is 0 Å². The molecule has 0 radical (unpaired) electrons. The van der Waals surface area contributed by atoms with Crippen molar-refractivity contribution in [2.45, 2.75) is 69.4 Å². The van der Waals surface area contributed by atoms with Crippen LogP contribution in [0, 0.1) is 6.92 Å². The van der Waals surface area contributed by atoms with Gasteiger partial charge < -0.3 is 9.32 Å². The van der Waals surface area contributed by atoms with Crippen molar-refractivity contribution >= 4 is 17.7 Å². The number of rotatable bonds is 5. The minimum absolute atomic E-state index is 0.170. The lowest BCUT2D eigenvalue weighted by molar-refractivity contribution is -0.136. The van der Waals surface area contributed by atoms with Crippen LogP contribution >= 0.6 is 11.8 Å². The number of para-hydroxylation sites is 1. The second-order valence-corrected chi connectivity index (χ2v) is 9.31. The first-order chi connectivity index (χ1) is 14.5. The van der Waals surface area contributed by atoms with Crippen molar-refractivity contribution in [2.24, 2.45) is 0 Å². The van der Waals surface area contributed by atoms with Crippen LogP contribution in [0.2, 0.25) is 0 Å². The maximum atomic E-state index is 13.3. The van der Waals surface area contributed by atoms with Crippen molar-refractivity contribution in [1.29, 1.82) is 0 Å². The van der Waals surface area contributed by atoms with Gasteiger partial charge in [0.1, 0.15) is 5.76 Å². The van der Waals surface area contributed by atoms with Gasteiger partial charge in [-0.3, -0.25) is 9.36 Å². The number of thioether (sulfide) groups is 1. The number of hydrogen-bond acceptors (Lipinski definition) is 5. The molecule has 1 fully saturated rings. The van der Waals surface area contributed by atoms with Crippen molar-refractivity contribution in [3.8, 4) is 17.1 Å². The summed E-state index contributed by atoms with van der Waals surface area (Å²) in [4.78, 5) is 15.4. The topological polar surface area (TPSA) is 64.2 Å². The molecule has 1 aromatic carbocycles. The molecule has 2 aromatic heterocycles. The molecule has 158 valence electrons. The average Bonchev–Trinajstić information content (AvgIpc) is 3.34. The van der Waals surface area contributed by atoms with Crippen LogP contribution in [-0.4, -0.2) is 42.9 Å². The van der Waals surface area contributed by atoms with E-state index in [9.17, 15) is 4.79 Å². The Bertz CT molecular complexity index is 1000.